The van der Waals surface area contributed by atoms with Gasteiger partial charge in [-0.2, -0.15) is 11.8 Å². The second-order valence-corrected chi connectivity index (χ2v) is 7.66. The highest BCUT2D eigenvalue weighted by Gasteiger charge is 2.00. The largest absolute Gasteiger partial charge is 0.394 e. The van der Waals surface area contributed by atoms with Gasteiger partial charge in [0.15, 0.2) is 0 Å². The number of rotatable bonds is 18. The van der Waals surface area contributed by atoms with Crippen molar-refractivity contribution in [1.29, 1.82) is 0 Å². The van der Waals surface area contributed by atoms with Gasteiger partial charge in [-0.25, -0.2) is 0 Å². The fraction of sp³-hybridized carbons (Fsp3) is 1.00. The predicted octanol–water partition coefficient (Wildman–Crippen LogP) is 5.55. The fourth-order valence-electron chi connectivity index (χ4n) is 2.67. The Morgan fingerprint density at radius 3 is 1.50 bits per heavy atom. The van der Waals surface area contributed by atoms with Crippen molar-refractivity contribution in [3.05, 3.63) is 0 Å². The molecule has 0 bridgehead atoms. The van der Waals surface area contributed by atoms with E-state index in [1.165, 1.54) is 89.9 Å². The van der Waals surface area contributed by atoms with Crippen LogP contribution in [0.2, 0.25) is 0 Å². The lowest BCUT2D eigenvalue weighted by molar-refractivity contribution is 0.113. The van der Waals surface area contributed by atoms with E-state index in [1.54, 1.807) is 11.8 Å². The van der Waals surface area contributed by atoms with Gasteiger partial charge in [0.2, 0.25) is 0 Å². The van der Waals surface area contributed by atoms with Gasteiger partial charge >= 0.3 is 0 Å². The highest BCUT2D eigenvalue weighted by molar-refractivity contribution is 7.99. The topological polar surface area (TPSA) is 40.5 Å². The molecular formula is C19H40O2S. The first-order valence-corrected chi connectivity index (χ1v) is 10.8. The third-order valence-corrected chi connectivity index (χ3v) is 5.36. The normalized spacial score (nSPS) is 12.7. The maximum Gasteiger partial charge on any atom is 0.0861 e. The van der Waals surface area contributed by atoms with Gasteiger partial charge in [0.05, 0.1) is 12.7 Å². The van der Waals surface area contributed by atoms with Crippen molar-refractivity contribution in [3.8, 4) is 0 Å². The summed E-state index contributed by atoms with van der Waals surface area (Å²) in [6.07, 6.45) is 19.0. The van der Waals surface area contributed by atoms with Crippen molar-refractivity contribution >= 4 is 11.8 Å². The summed E-state index contributed by atoms with van der Waals surface area (Å²) in [5.74, 6) is 1.80. The Morgan fingerprint density at radius 2 is 1.09 bits per heavy atom. The van der Waals surface area contributed by atoms with E-state index in [0.717, 1.165) is 5.75 Å². The first kappa shape index (κ1) is 22.3. The van der Waals surface area contributed by atoms with Gasteiger partial charge in [0.25, 0.3) is 0 Å². The van der Waals surface area contributed by atoms with E-state index in [2.05, 4.69) is 6.92 Å². The second kappa shape index (κ2) is 19.3. The van der Waals surface area contributed by atoms with Crippen LogP contribution in [0, 0.1) is 0 Å². The van der Waals surface area contributed by atoms with Crippen molar-refractivity contribution in [3.63, 3.8) is 0 Å². The van der Waals surface area contributed by atoms with Crippen LogP contribution >= 0.6 is 11.8 Å². The number of hydrogen-bond donors (Lipinski definition) is 2. The Labute approximate surface area is 143 Å². The first-order valence-electron chi connectivity index (χ1n) is 9.68. The molecule has 0 aliphatic carbocycles. The molecule has 0 spiro atoms. The lowest BCUT2D eigenvalue weighted by Gasteiger charge is -2.06. The zero-order valence-electron chi connectivity index (χ0n) is 14.9. The van der Waals surface area contributed by atoms with E-state index < -0.39 is 6.10 Å². The Bertz CT molecular complexity index is 200. The van der Waals surface area contributed by atoms with Crippen LogP contribution in [-0.2, 0) is 0 Å². The summed E-state index contributed by atoms with van der Waals surface area (Å²) in [6, 6.07) is 0. The van der Waals surface area contributed by atoms with E-state index in [1.807, 2.05) is 0 Å². The summed E-state index contributed by atoms with van der Waals surface area (Å²) in [4.78, 5) is 0. The molecule has 0 saturated carbocycles. The molecule has 0 aliphatic heterocycles. The maximum absolute atomic E-state index is 9.20. The summed E-state index contributed by atoms with van der Waals surface area (Å²) in [6.45, 7) is 2.17. The van der Waals surface area contributed by atoms with Crippen LogP contribution in [-0.4, -0.2) is 34.4 Å². The van der Waals surface area contributed by atoms with Gasteiger partial charge in [-0.3, -0.25) is 0 Å². The zero-order chi connectivity index (χ0) is 16.3. The van der Waals surface area contributed by atoms with Gasteiger partial charge in [0, 0.05) is 5.75 Å². The quantitative estimate of drug-likeness (QED) is 0.323. The molecule has 3 heteroatoms. The summed E-state index contributed by atoms with van der Waals surface area (Å²) < 4.78 is 0. The van der Waals surface area contributed by atoms with E-state index in [-0.39, 0.29) is 6.61 Å². The molecule has 1 atom stereocenters. The Balaban J connectivity index is 2.97. The highest BCUT2D eigenvalue weighted by Crippen LogP contribution is 2.14. The van der Waals surface area contributed by atoms with E-state index in [4.69, 9.17) is 5.11 Å². The molecule has 0 aliphatic rings. The Kier molecular flexibility index (Phi) is 19.6. The Hall–Kier alpha value is 0.270. The molecule has 0 rings (SSSR count). The molecular weight excluding hydrogens is 292 g/mol. The smallest absolute Gasteiger partial charge is 0.0861 e. The molecule has 134 valence electrons. The van der Waals surface area contributed by atoms with Crippen LogP contribution in [0.1, 0.15) is 96.8 Å². The summed E-state index contributed by atoms with van der Waals surface area (Å²) >= 11 is 1.76. The van der Waals surface area contributed by atoms with Crippen LogP contribution in [0.5, 0.6) is 0 Å². The number of aliphatic hydroxyl groups is 2. The summed E-state index contributed by atoms with van der Waals surface area (Å²) in [5.41, 5.74) is 0. The molecule has 0 saturated heterocycles. The van der Waals surface area contributed by atoms with Gasteiger partial charge < -0.3 is 10.2 Å². The minimum absolute atomic E-state index is 0.105. The third-order valence-electron chi connectivity index (χ3n) is 4.16. The highest BCUT2D eigenvalue weighted by atomic mass is 32.2. The number of aliphatic hydroxyl groups excluding tert-OH is 2. The SMILES string of the molecule is CCCCCCCCCCCCCCCCSC[C@H](O)CO. The second-order valence-electron chi connectivity index (χ2n) is 6.51. The molecule has 0 radical (unpaired) electrons. The minimum atomic E-state index is -0.531. The average molecular weight is 333 g/mol. The third kappa shape index (κ3) is 18.3. The standard InChI is InChI=1S/C19H40O2S/c1-2-3-4-5-6-7-8-9-10-11-12-13-14-15-16-22-18-19(21)17-20/h19-21H,2-18H2,1H3/t19-/m1/s1. The average Bonchev–Trinajstić information content (AvgIpc) is 2.54. The van der Waals surface area contributed by atoms with Crippen LogP contribution in [0.3, 0.4) is 0 Å². The summed E-state index contributed by atoms with van der Waals surface area (Å²) in [5, 5.41) is 17.9. The molecule has 0 aromatic carbocycles. The lowest BCUT2D eigenvalue weighted by atomic mass is 10.0. The van der Waals surface area contributed by atoms with Crippen LogP contribution in [0.25, 0.3) is 0 Å². The molecule has 0 aromatic heterocycles. The molecule has 22 heavy (non-hydrogen) atoms. The molecule has 0 heterocycles. The van der Waals surface area contributed by atoms with Crippen molar-refractivity contribution in [1.82, 2.24) is 0 Å². The predicted molar refractivity (Wildman–Crippen MR) is 101 cm³/mol. The van der Waals surface area contributed by atoms with Gasteiger partial charge in [0.1, 0.15) is 0 Å². The number of hydrogen-bond acceptors (Lipinski definition) is 3. The van der Waals surface area contributed by atoms with Gasteiger partial charge in [-0.05, 0) is 12.2 Å². The molecule has 2 N–H and O–H groups in total. The fourth-order valence-corrected chi connectivity index (χ4v) is 3.62. The van der Waals surface area contributed by atoms with Crippen molar-refractivity contribution < 1.29 is 10.2 Å². The molecule has 2 nitrogen and oxygen atoms in total. The monoisotopic (exact) mass is 332 g/mol. The van der Waals surface area contributed by atoms with E-state index >= 15 is 0 Å². The zero-order valence-corrected chi connectivity index (χ0v) is 15.7. The number of unbranched alkanes of at least 4 members (excludes halogenated alkanes) is 13. The minimum Gasteiger partial charge on any atom is -0.394 e. The van der Waals surface area contributed by atoms with Crippen molar-refractivity contribution in [2.24, 2.45) is 0 Å². The number of thioether (sulfide) groups is 1. The first-order chi connectivity index (χ1) is 10.8. The maximum atomic E-state index is 9.20. The molecule has 0 amide bonds. The van der Waals surface area contributed by atoms with Crippen LogP contribution in [0.15, 0.2) is 0 Å². The molecule has 0 aromatic rings. The van der Waals surface area contributed by atoms with Crippen molar-refractivity contribution in [2.45, 2.75) is 103 Å². The molecule has 0 fully saturated rings. The van der Waals surface area contributed by atoms with Gasteiger partial charge in [-0.15, -0.1) is 0 Å². The van der Waals surface area contributed by atoms with Crippen LogP contribution in [0.4, 0.5) is 0 Å². The van der Waals surface area contributed by atoms with Crippen molar-refractivity contribution in [2.75, 3.05) is 18.1 Å². The van der Waals surface area contributed by atoms with Gasteiger partial charge in [-0.1, -0.05) is 90.4 Å². The van der Waals surface area contributed by atoms with E-state index in [9.17, 15) is 5.11 Å². The lowest BCUT2D eigenvalue weighted by Crippen LogP contribution is -2.14. The van der Waals surface area contributed by atoms with Crippen LogP contribution < -0.4 is 0 Å². The Morgan fingerprint density at radius 1 is 0.682 bits per heavy atom. The molecule has 0 unspecified atom stereocenters. The van der Waals surface area contributed by atoms with E-state index in [0.29, 0.717) is 5.75 Å². The summed E-state index contributed by atoms with van der Waals surface area (Å²) in [7, 11) is 0.